The zero-order valence-electron chi connectivity index (χ0n) is 7.76. The first kappa shape index (κ1) is 9.68. The molecule has 0 spiro atoms. The van der Waals surface area contributed by atoms with Crippen molar-refractivity contribution in [1.29, 1.82) is 0 Å². The van der Waals surface area contributed by atoms with E-state index in [0.717, 1.165) is 18.9 Å². The molecule has 2 saturated heterocycles. The normalized spacial score (nSPS) is 29.0. The first-order valence-corrected chi connectivity index (χ1v) is 4.69. The third-order valence-corrected chi connectivity index (χ3v) is 2.90. The van der Waals surface area contributed by atoms with Crippen molar-refractivity contribution in [2.45, 2.75) is 18.5 Å². The predicted octanol–water partition coefficient (Wildman–Crippen LogP) is 0.449. The Labute approximate surface area is 89.1 Å². The summed E-state index contributed by atoms with van der Waals surface area (Å²) in [6, 6.07) is 1.31. The molecule has 2 aliphatic heterocycles. The molecule has 0 aliphatic carbocycles. The molecule has 3 heterocycles. The van der Waals surface area contributed by atoms with E-state index >= 15 is 0 Å². The van der Waals surface area contributed by atoms with Crippen LogP contribution in [0.15, 0.2) is 18.6 Å². The summed E-state index contributed by atoms with van der Waals surface area (Å²) in [5.74, 6) is 1.02. The standard InChI is InChI=1S/C9H12N4.ClH/c1-2-11-9(5-10-1)13-6-7-3-8(13)4-12-7;/h1-2,5,7-8,12H,3-4,6H2;1H/t7-,8-;/m1./s1. The van der Waals surface area contributed by atoms with Crippen molar-refractivity contribution in [2.75, 3.05) is 18.0 Å². The van der Waals surface area contributed by atoms with Gasteiger partial charge in [-0.25, -0.2) is 4.98 Å². The second-order valence-electron chi connectivity index (χ2n) is 3.71. The summed E-state index contributed by atoms with van der Waals surface area (Å²) in [5, 5.41) is 3.47. The number of hydrogen-bond donors (Lipinski definition) is 1. The molecule has 1 aromatic heterocycles. The topological polar surface area (TPSA) is 41.1 Å². The van der Waals surface area contributed by atoms with Crippen LogP contribution in [-0.2, 0) is 0 Å². The maximum atomic E-state index is 4.32. The van der Waals surface area contributed by atoms with Gasteiger partial charge in [-0.3, -0.25) is 4.98 Å². The van der Waals surface area contributed by atoms with Gasteiger partial charge in [-0.2, -0.15) is 0 Å². The number of hydrogen-bond acceptors (Lipinski definition) is 4. The van der Waals surface area contributed by atoms with Gasteiger partial charge in [0.15, 0.2) is 0 Å². The van der Waals surface area contributed by atoms with E-state index < -0.39 is 0 Å². The molecule has 0 amide bonds. The second kappa shape index (κ2) is 3.71. The fourth-order valence-electron chi connectivity index (χ4n) is 2.28. The lowest BCUT2D eigenvalue weighted by Gasteiger charge is -2.27. The summed E-state index contributed by atoms with van der Waals surface area (Å²) >= 11 is 0. The maximum absolute atomic E-state index is 4.32. The molecule has 3 rings (SSSR count). The number of aromatic nitrogens is 2. The van der Waals surface area contributed by atoms with E-state index in [0.29, 0.717) is 12.1 Å². The first-order valence-electron chi connectivity index (χ1n) is 4.69. The Morgan fingerprint density at radius 1 is 1.43 bits per heavy atom. The van der Waals surface area contributed by atoms with E-state index in [-0.39, 0.29) is 12.4 Å². The van der Waals surface area contributed by atoms with Crippen LogP contribution in [0.1, 0.15) is 6.42 Å². The van der Waals surface area contributed by atoms with Crippen LogP contribution < -0.4 is 10.2 Å². The lowest BCUT2D eigenvalue weighted by atomic mass is 10.2. The molecule has 1 N–H and O–H groups in total. The quantitative estimate of drug-likeness (QED) is 0.734. The van der Waals surface area contributed by atoms with Crippen molar-refractivity contribution >= 4 is 18.2 Å². The van der Waals surface area contributed by atoms with Crippen molar-refractivity contribution in [3.63, 3.8) is 0 Å². The maximum Gasteiger partial charge on any atom is 0.147 e. The molecule has 1 aromatic rings. The lowest BCUT2D eigenvalue weighted by Crippen LogP contribution is -2.44. The highest BCUT2D eigenvalue weighted by molar-refractivity contribution is 5.85. The minimum atomic E-state index is 0. The number of fused-ring (bicyclic) bond motifs is 2. The summed E-state index contributed by atoms with van der Waals surface area (Å²) < 4.78 is 0. The van der Waals surface area contributed by atoms with Gasteiger partial charge >= 0.3 is 0 Å². The fourth-order valence-corrected chi connectivity index (χ4v) is 2.28. The summed E-state index contributed by atoms with van der Waals surface area (Å²) in [6.07, 6.45) is 6.59. The minimum Gasteiger partial charge on any atom is -0.349 e. The van der Waals surface area contributed by atoms with Crippen LogP contribution in [0.4, 0.5) is 5.82 Å². The van der Waals surface area contributed by atoms with Gasteiger partial charge in [-0.15, -0.1) is 12.4 Å². The van der Waals surface area contributed by atoms with E-state index in [2.05, 4.69) is 20.2 Å². The van der Waals surface area contributed by atoms with Gasteiger partial charge in [-0.1, -0.05) is 0 Å². The fraction of sp³-hybridized carbons (Fsp3) is 0.556. The van der Waals surface area contributed by atoms with Gasteiger partial charge in [0.25, 0.3) is 0 Å². The van der Waals surface area contributed by atoms with Gasteiger partial charge in [0.05, 0.1) is 6.20 Å². The van der Waals surface area contributed by atoms with Gasteiger partial charge in [0.1, 0.15) is 5.82 Å². The van der Waals surface area contributed by atoms with Crippen molar-refractivity contribution in [3.8, 4) is 0 Å². The van der Waals surface area contributed by atoms with E-state index in [9.17, 15) is 0 Å². The van der Waals surface area contributed by atoms with Gasteiger partial charge in [-0.05, 0) is 6.42 Å². The summed E-state index contributed by atoms with van der Waals surface area (Å²) in [7, 11) is 0. The third-order valence-electron chi connectivity index (χ3n) is 2.90. The number of halogens is 1. The van der Waals surface area contributed by atoms with Crippen molar-refractivity contribution in [1.82, 2.24) is 15.3 Å². The van der Waals surface area contributed by atoms with Crippen molar-refractivity contribution in [3.05, 3.63) is 18.6 Å². The Balaban J connectivity index is 0.000000750. The van der Waals surface area contributed by atoms with Gasteiger partial charge in [0, 0.05) is 37.6 Å². The summed E-state index contributed by atoms with van der Waals surface area (Å²) in [5.41, 5.74) is 0. The molecule has 0 radical (unpaired) electrons. The van der Waals surface area contributed by atoms with Gasteiger partial charge in [0.2, 0.25) is 0 Å². The highest BCUT2D eigenvalue weighted by Crippen LogP contribution is 2.26. The van der Waals surface area contributed by atoms with Crippen LogP contribution in [0.5, 0.6) is 0 Å². The SMILES string of the molecule is Cl.c1cnc(N2C[C@H]3C[C@@H]2CN3)cn1. The average molecular weight is 213 g/mol. The largest absolute Gasteiger partial charge is 0.349 e. The van der Waals surface area contributed by atoms with Crippen LogP contribution >= 0.6 is 12.4 Å². The highest BCUT2D eigenvalue weighted by Gasteiger charge is 2.38. The molecule has 2 bridgehead atoms. The molecule has 76 valence electrons. The van der Waals surface area contributed by atoms with E-state index in [1.807, 2.05) is 6.20 Å². The Hall–Kier alpha value is -0.870. The summed E-state index contributed by atoms with van der Waals surface area (Å²) in [4.78, 5) is 10.8. The molecule has 2 aliphatic rings. The molecule has 2 fully saturated rings. The molecule has 0 aromatic carbocycles. The van der Waals surface area contributed by atoms with Crippen molar-refractivity contribution in [2.24, 2.45) is 0 Å². The van der Waals surface area contributed by atoms with Crippen LogP contribution in [0, 0.1) is 0 Å². The molecule has 5 heteroatoms. The smallest absolute Gasteiger partial charge is 0.147 e. The molecule has 0 saturated carbocycles. The first-order chi connectivity index (χ1) is 6.43. The van der Waals surface area contributed by atoms with Crippen LogP contribution in [-0.4, -0.2) is 35.1 Å². The Bertz CT molecular complexity index is 305. The molecule has 4 nitrogen and oxygen atoms in total. The van der Waals surface area contributed by atoms with Crippen LogP contribution in [0.3, 0.4) is 0 Å². The van der Waals surface area contributed by atoms with Gasteiger partial charge < -0.3 is 10.2 Å². The molecule has 2 atom stereocenters. The minimum absolute atomic E-state index is 0. The van der Waals surface area contributed by atoms with Crippen LogP contribution in [0.25, 0.3) is 0 Å². The highest BCUT2D eigenvalue weighted by atomic mass is 35.5. The Morgan fingerprint density at radius 2 is 2.36 bits per heavy atom. The molecular weight excluding hydrogens is 200 g/mol. The number of nitrogens with one attached hydrogen (secondary N) is 1. The van der Waals surface area contributed by atoms with E-state index in [4.69, 9.17) is 0 Å². The van der Waals surface area contributed by atoms with E-state index in [1.54, 1.807) is 12.4 Å². The zero-order chi connectivity index (χ0) is 8.67. The number of piperazine rings is 1. The average Bonchev–Trinajstić information content (AvgIpc) is 2.80. The molecular formula is C9H13ClN4. The molecule has 14 heavy (non-hydrogen) atoms. The zero-order valence-corrected chi connectivity index (χ0v) is 8.57. The number of nitrogens with zero attached hydrogens (tertiary/aromatic N) is 3. The number of anilines is 1. The van der Waals surface area contributed by atoms with E-state index in [1.165, 1.54) is 6.42 Å². The summed E-state index contributed by atoms with van der Waals surface area (Å²) in [6.45, 7) is 2.19. The predicted molar refractivity (Wildman–Crippen MR) is 56.8 cm³/mol. The Kier molecular flexibility index (Phi) is 2.56. The lowest BCUT2D eigenvalue weighted by molar-refractivity contribution is 0.576. The monoisotopic (exact) mass is 212 g/mol. The Morgan fingerprint density at radius 3 is 2.93 bits per heavy atom. The van der Waals surface area contributed by atoms with Crippen LogP contribution in [0.2, 0.25) is 0 Å². The van der Waals surface area contributed by atoms with Crippen molar-refractivity contribution < 1.29 is 0 Å². The number of rotatable bonds is 1. The second-order valence-corrected chi connectivity index (χ2v) is 3.71. The third kappa shape index (κ3) is 1.44. The molecule has 0 unspecified atom stereocenters.